The number of hydrogen-bond donors (Lipinski definition) is 2. The number of nitrogens with zero attached hydrogens (tertiary/aromatic N) is 1. The molecule has 0 aliphatic rings. The minimum Gasteiger partial charge on any atom is -0.481 e. The normalized spacial score (nSPS) is 10.8. The largest absolute Gasteiger partial charge is 0.481 e. The molecule has 3 N–H and O–H groups in total. The van der Waals surface area contributed by atoms with Gasteiger partial charge in [0.15, 0.2) is 0 Å². The van der Waals surface area contributed by atoms with E-state index in [-0.39, 0.29) is 17.8 Å². The van der Waals surface area contributed by atoms with E-state index in [1.165, 1.54) is 6.07 Å². The van der Waals surface area contributed by atoms with Gasteiger partial charge in [-0.2, -0.15) is 0 Å². The number of aromatic nitrogens is 1. The number of carbonyl (C=O) groups is 1. The van der Waals surface area contributed by atoms with Gasteiger partial charge in [-0.05, 0) is 28.7 Å². The zero-order valence-corrected chi connectivity index (χ0v) is 10.2. The topological polar surface area (TPSA) is 76.2 Å². The molecule has 88 valence electrons. The lowest BCUT2D eigenvalue weighted by molar-refractivity contribution is -0.136. The molecule has 0 fully saturated rings. The van der Waals surface area contributed by atoms with Crippen molar-refractivity contribution < 1.29 is 18.7 Å². The van der Waals surface area contributed by atoms with Gasteiger partial charge >= 0.3 is 5.97 Å². The third kappa shape index (κ3) is 3.08. The molecule has 1 heterocycles. The standard InChI is InChI=1S/C9H9F2IN2O2/c10-9(11)4-1-5(12)7(3-13)14-6(4)2-8(15)16/h1,9H,2-3,13H2,(H,15,16). The van der Waals surface area contributed by atoms with Crippen LogP contribution in [0.2, 0.25) is 0 Å². The van der Waals surface area contributed by atoms with E-state index in [0.29, 0.717) is 9.26 Å². The van der Waals surface area contributed by atoms with Gasteiger partial charge in [-0.3, -0.25) is 9.78 Å². The van der Waals surface area contributed by atoms with Gasteiger partial charge in [0.05, 0.1) is 17.8 Å². The molecule has 0 radical (unpaired) electrons. The fraction of sp³-hybridized carbons (Fsp3) is 0.333. The molecular weight excluding hydrogens is 333 g/mol. The predicted octanol–water partition coefficient (Wildman–Crippen LogP) is 1.71. The van der Waals surface area contributed by atoms with Gasteiger partial charge in [0, 0.05) is 15.7 Å². The summed E-state index contributed by atoms with van der Waals surface area (Å²) in [5.41, 5.74) is 5.34. The van der Waals surface area contributed by atoms with Gasteiger partial charge in [0.2, 0.25) is 0 Å². The highest BCUT2D eigenvalue weighted by Crippen LogP contribution is 2.25. The monoisotopic (exact) mass is 342 g/mol. The molecule has 0 spiro atoms. The molecule has 1 aromatic rings. The van der Waals surface area contributed by atoms with E-state index in [1.807, 2.05) is 22.6 Å². The Kier molecular flexibility index (Phi) is 4.54. The van der Waals surface area contributed by atoms with E-state index < -0.39 is 18.8 Å². The summed E-state index contributed by atoms with van der Waals surface area (Å²) in [6.07, 6.45) is -3.26. The molecule has 0 bridgehead atoms. The first-order valence-corrected chi connectivity index (χ1v) is 5.41. The number of aliphatic carboxylic acids is 1. The molecule has 0 aromatic carbocycles. The summed E-state index contributed by atoms with van der Waals surface area (Å²) in [5, 5.41) is 8.59. The van der Waals surface area contributed by atoms with E-state index in [2.05, 4.69) is 4.98 Å². The summed E-state index contributed by atoms with van der Waals surface area (Å²) in [6.45, 7) is 0.0917. The van der Waals surface area contributed by atoms with Crippen LogP contribution in [-0.4, -0.2) is 16.1 Å². The van der Waals surface area contributed by atoms with Crippen LogP contribution < -0.4 is 5.73 Å². The second-order valence-corrected chi connectivity index (χ2v) is 4.19. The Morgan fingerprint density at radius 1 is 1.56 bits per heavy atom. The molecule has 1 rings (SSSR count). The molecule has 7 heteroatoms. The molecule has 0 atom stereocenters. The molecule has 0 aliphatic heterocycles. The minimum atomic E-state index is -2.73. The van der Waals surface area contributed by atoms with E-state index in [1.54, 1.807) is 0 Å². The molecule has 1 aromatic heterocycles. The average molecular weight is 342 g/mol. The third-order valence-electron chi connectivity index (χ3n) is 1.91. The van der Waals surface area contributed by atoms with Gasteiger partial charge in [-0.15, -0.1) is 0 Å². The number of carboxylic acids is 1. The van der Waals surface area contributed by atoms with E-state index in [9.17, 15) is 13.6 Å². The van der Waals surface area contributed by atoms with Crippen LogP contribution in [0.25, 0.3) is 0 Å². The lowest BCUT2D eigenvalue weighted by Crippen LogP contribution is -2.12. The first-order valence-electron chi connectivity index (χ1n) is 4.34. The van der Waals surface area contributed by atoms with Crippen molar-refractivity contribution in [2.45, 2.75) is 19.4 Å². The number of halogens is 3. The van der Waals surface area contributed by atoms with Crippen LogP contribution in [0.5, 0.6) is 0 Å². The number of rotatable bonds is 4. The van der Waals surface area contributed by atoms with Crippen molar-refractivity contribution in [3.8, 4) is 0 Å². The highest BCUT2D eigenvalue weighted by atomic mass is 127. The zero-order valence-electron chi connectivity index (χ0n) is 8.08. The van der Waals surface area contributed by atoms with E-state index in [0.717, 1.165) is 0 Å². The molecule has 0 saturated carbocycles. The summed E-state index contributed by atoms with van der Waals surface area (Å²) in [6, 6.07) is 1.23. The van der Waals surface area contributed by atoms with Crippen LogP contribution in [0.1, 0.15) is 23.4 Å². The van der Waals surface area contributed by atoms with Crippen molar-refractivity contribution in [2.24, 2.45) is 5.73 Å². The van der Waals surface area contributed by atoms with Gasteiger partial charge in [-0.25, -0.2) is 8.78 Å². The maximum atomic E-state index is 12.6. The Bertz CT molecular complexity index is 413. The van der Waals surface area contributed by atoms with E-state index >= 15 is 0 Å². The summed E-state index contributed by atoms with van der Waals surface area (Å²) in [7, 11) is 0. The van der Waals surface area contributed by atoms with Crippen molar-refractivity contribution in [2.75, 3.05) is 0 Å². The van der Waals surface area contributed by atoms with Gasteiger partial charge in [0.1, 0.15) is 0 Å². The van der Waals surface area contributed by atoms with Gasteiger partial charge < -0.3 is 10.8 Å². The summed E-state index contributed by atoms with van der Waals surface area (Å²) in [5.74, 6) is -1.20. The van der Waals surface area contributed by atoms with Crippen LogP contribution in [-0.2, 0) is 17.8 Å². The smallest absolute Gasteiger partial charge is 0.309 e. The average Bonchev–Trinajstić information content (AvgIpc) is 2.19. The number of pyridine rings is 1. The molecule has 16 heavy (non-hydrogen) atoms. The second kappa shape index (κ2) is 5.48. The number of hydrogen-bond acceptors (Lipinski definition) is 3. The fourth-order valence-electron chi connectivity index (χ4n) is 1.20. The van der Waals surface area contributed by atoms with Crippen LogP contribution in [0.15, 0.2) is 6.07 Å². The SMILES string of the molecule is NCc1nc(CC(=O)O)c(C(F)F)cc1I. The lowest BCUT2D eigenvalue weighted by atomic mass is 10.1. The summed E-state index contributed by atoms with van der Waals surface area (Å²) >= 11 is 1.85. The molecule has 0 unspecified atom stereocenters. The first kappa shape index (κ1) is 13.2. The second-order valence-electron chi connectivity index (χ2n) is 3.03. The van der Waals surface area contributed by atoms with Gasteiger partial charge in [-0.1, -0.05) is 0 Å². The van der Waals surface area contributed by atoms with Crippen molar-refractivity contribution in [3.63, 3.8) is 0 Å². The van der Waals surface area contributed by atoms with Crippen molar-refractivity contribution >= 4 is 28.6 Å². The highest BCUT2D eigenvalue weighted by molar-refractivity contribution is 14.1. The molecule has 0 saturated heterocycles. The quantitative estimate of drug-likeness (QED) is 0.817. The highest BCUT2D eigenvalue weighted by Gasteiger charge is 2.18. The Labute approximate surface area is 104 Å². The number of alkyl halides is 2. The maximum Gasteiger partial charge on any atom is 0.309 e. The van der Waals surface area contributed by atoms with Crippen molar-refractivity contribution in [3.05, 3.63) is 26.6 Å². The number of carboxylic acid groups (broad SMARTS) is 1. The number of nitrogens with two attached hydrogens (primary N) is 1. The maximum absolute atomic E-state index is 12.6. The van der Waals surface area contributed by atoms with Crippen molar-refractivity contribution in [1.82, 2.24) is 4.98 Å². The van der Waals surface area contributed by atoms with Gasteiger partial charge in [0.25, 0.3) is 6.43 Å². The Morgan fingerprint density at radius 3 is 2.62 bits per heavy atom. The summed E-state index contributed by atoms with van der Waals surface area (Å²) in [4.78, 5) is 14.4. The molecule has 4 nitrogen and oxygen atoms in total. The Hall–Kier alpha value is -0.830. The molecule has 0 amide bonds. The minimum absolute atomic E-state index is 0.0917. The zero-order chi connectivity index (χ0) is 12.3. The van der Waals surface area contributed by atoms with Crippen LogP contribution in [0.3, 0.4) is 0 Å². The Morgan fingerprint density at radius 2 is 2.19 bits per heavy atom. The van der Waals surface area contributed by atoms with Crippen molar-refractivity contribution in [1.29, 1.82) is 0 Å². The lowest BCUT2D eigenvalue weighted by Gasteiger charge is -2.10. The molecular formula is C9H9F2IN2O2. The fourth-order valence-corrected chi connectivity index (χ4v) is 1.88. The first-order chi connectivity index (χ1) is 7.45. The van der Waals surface area contributed by atoms with Crippen LogP contribution in [0, 0.1) is 3.57 Å². The predicted molar refractivity (Wildman–Crippen MR) is 61.1 cm³/mol. The third-order valence-corrected chi connectivity index (χ3v) is 2.84. The Balaban J connectivity index is 3.24. The molecule has 0 aliphatic carbocycles. The van der Waals surface area contributed by atoms with Crippen LogP contribution >= 0.6 is 22.6 Å². The summed E-state index contributed by atoms with van der Waals surface area (Å²) < 4.78 is 25.8. The van der Waals surface area contributed by atoms with Crippen LogP contribution in [0.4, 0.5) is 8.78 Å². The van der Waals surface area contributed by atoms with E-state index in [4.69, 9.17) is 10.8 Å².